The molecule has 0 N–H and O–H groups in total. The fourth-order valence-corrected chi connectivity index (χ4v) is 5.13. The van der Waals surface area contributed by atoms with E-state index in [9.17, 15) is 4.79 Å². The first-order valence-electron chi connectivity index (χ1n) is 9.98. The van der Waals surface area contributed by atoms with Crippen LogP contribution in [0.15, 0.2) is 29.1 Å². The molecule has 5 rings (SSSR count). The largest absolute Gasteiger partial charge is 0.308 e. The lowest BCUT2D eigenvalue weighted by Crippen LogP contribution is -2.61. The molecule has 0 saturated carbocycles. The van der Waals surface area contributed by atoms with Crippen molar-refractivity contribution in [2.75, 3.05) is 46.3 Å². The van der Waals surface area contributed by atoms with E-state index in [1.165, 1.54) is 35.1 Å². The zero-order valence-corrected chi connectivity index (χ0v) is 15.7. The van der Waals surface area contributed by atoms with Gasteiger partial charge in [-0.3, -0.25) is 14.6 Å². The van der Waals surface area contributed by atoms with Crippen LogP contribution in [0.1, 0.15) is 17.5 Å². The summed E-state index contributed by atoms with van der Waals surface area (Å²) in [6.07, 6.45) is 2.16. The molecule has 5 nitrogen and oxygen atoms in total. The minimum Gasteiger partial charge on any atom is -0.308 e. The summed E-state index contributed by atoms with van der Waals surface area (Å²) in [6, 6.07) is 9.09. The summed E-state index contributed by atoms with van der Waals surface area (Å²) in [5, 5.41) is 1.28. The maximum absolute atomic E-state index is 12.7. The zero-order valence-electron chi connectivity index (χ0n) is 15.7. The number of hydrogen-bond acceptors (Lipinski definition) is 4. The summed E-state index contributed by atoms with van der Waals surface area (Å²) in [6.45, 7) is 8.64. The highest BCUT2D eigenvalue weighted by Gasteiger charge is 2.31. The Kier molecular flexibility index (Phi) is 4.11. The zero-order chi connectivity index (χ0) is 17.7. The molecule has 1 atom stereocenters. The van der Waals surface area contributed by atoms with Crippen LogP contribution in [0.4, 0.5) is 0 Å². The van der Waals surface area contributed by atoms with Gasteiger partial charge in [-0.05, 0) is 31.0 Å². The number of fused-ring (bicyclic) bond motifs is 1. The van der Waals surface area contributed by atoms with Crippen LogP contribution in [0.5, 0.6) is 0 Å². The number of piperazine rings is 2. The van der Waals surface area contributed by atoms with Gasteiger partial charge < -0.3 is 9.47 Å². The molecule has 0 aliphatic carbocycles. The van der Waals surface area contributed by atoms with Crippen molar-refractivity contribution >= 4 is 10.9 Å². The number of rotatable bonds is 2. The van der Waals surface area contributed by atoms with E-state index >= 15 is 0 Å². The summed E-state index contributed by atoms with van der Waals surface area (Å²) in [5.41, 5.74) is 3.92. The molecule has 0 bridgehead atoms. The highest BCUT2D eigenvalue weighted by Crippen LogP contribution is 2.27. The first-order chi connectivity index (χ1) is 12.7. The average molecular weight is 352 g/mol. The molecule has 2 saturated heterocycles. The van der Waals surface area contributed by atoms with Gasteiger partial charge in [-0.2, -0.15) is 0 Å². The van der Waals surface area contributed by atoms with Crippen LogP contribution in [0, 0.1) is 0 Å². The Labute approximate surface area is 154 Å². The van der Waals surface area contributed by atoms with Gasteiger partial charge in [0.2, 0.25) is 0 Å². The Morgan fingerprint density at radius 1 is 1.08 bits per heavy atom. The van der Waals surface area contributed by atoms with E-state index in [1.54, 1.807) is 0 Å². The predicted molar refractivity (Wildman–Crippen MR) is 105 cm³/mol. The van der Waals surface area contributed by atoms with E-state index in [0.29, 0.717) is 6.04 Å². The van der Waals surface area contributed by atoms with Crippen LogP contribution in [0.2, 0.25) is 0 Å². The van der Waals surface area contributed by atoms with E-state index in [2.05, 4.69) is 39.9 Å². The second-order valence-corrected chi connectivity index (χ2v) is 8.26. The fraction of sp³-hybridized carbons (Fsp3) is 0.571. The molecule has 2 aromatic rings. The van der Waals surface area contributed by atoms with Crippen LogP contribution < -0.4 is 5.56 Å². The Morgan fingerprint density at radius 3 is 2.88 bits per heavy atom. The standard InChI is InChI=1S/C21H28N4O/c1-22-8-10-24-11-9-23(15-18(24)14-22)13-17-12-20(26)25-7-3-5-16-4-2-6-19(17)21(16)25/h2,4,6,12,18H,3,5,7-11,13-15H2,1H3/t18-/m0/s1. The molecular weight excluding hydrogens is 324 g/mol. The number of aryl methyl sites for hydroxylation is 2. The summed E-state index contributed by atoms with van der Waals surface area (Å²) in [4.78, 5) is 20.4. The van der Waals surface area contributed by atoms with Crippen LogP contribution in [0.3, 0.4) is 0 Å². The van der Waals surface area contributed by atoms with Crippen LogP contribution in [-0.2, 0) is 19.5 Å². The first-order valence-corrected chi connectivity index (χ1v) is 9.98. The molecule has 1 aromatic heterocycles. The average Bonchev–Trinajstić information content (AvgIpc) is 2.65. The third-order valence-electron chi connectivity index (χ3n) is 6.50. The van der Waals surface area contributed by atoms with Crippen molar-refractivity contribution in [3.05, 3.63) is 45.7 Å². The molecule has 0 amide bonds. The molecule has 5 heteroatoms. The summed E-state index contributed by atoms with van der Waals surface area (Å²) in [7, 11) is 2.23. The van der Waals surface area contributed by atoms with Crippen molar-refractivity contribution in [3.8, 4) is 0 Å². The molecule has 0 spiro atoms. The number of pyridine rings is 1. The van der Waals surface area contributed by atoms with E-state index in [-0.39, 0.29) is 5.56 Å². The quantitative estimate of drug-likeness (QED) is 0.817. The first kappa shape index (κ1) is 16.5. The normalized spacial score (nSPS) is 24.7. The Hall–Kier alpha value is -1.69. The maximum Gasteiger partial charge on any atom is 0.251 e. The van der Waals surface area contributed by atoms with Crippen molar-refractivity contribution in [1.29, 1.82) is 0 Å². The molecular formula is C21H28N4O. The Morgan fingerprint density at radius 2 is 1.96 bits per heavy atom. The predicted octanol–water partition coefficient (Wildman–Crippen LogP) is 1.38. The monoisotopic (exact) mass is 352 g/mol. The highest BCUT2D eigenvalue weighted by atomic mass is 16.1. The number of benzene rings is 1. The lowest BCUT2D eigenvalue weighted by Gasteiger charge is -2.46. The summed E-state index contributed by atoms with van der Waals surface area (Å²) >= 11 is 0. The fourth-order valence-electron chi connectivity index (χ4n) is 5.13. The molecule has 0 radical (unpaired) electrons. The van der Waals surface area contributed by atoms with Gasteiger partial charge in [0.15, 0.2) is 0 Å². The van der Waals surface area contributed by atoms with Gasteiger partial charge in [-0.15, -0.1) is 0 Å². The van der Waals surface area contributed by atoms with Crippen molar-refractivity contribution < 1.29 is 0 Å². The molecule has 4 heterocycles. The Bertz CT molecular complexity index is 889. The molecule has 1 aromatic carbocycles. The minimum absolute atomic E-state index is 0.177. The topological polar surface area (TPSA) is 31.7 Å². The number of hydrogen-bond donors (Lipinski definition) is 0. The van der Waals surface area contributed by atoms with Crippen molar-refractivity contribution in [3.63, 3.8) is 0 Å². The lowest BCUT2D eigenvalue weighted by molar-refractivity contribution is 0.0176. The number of likely N-dealkylation sites (N-methyl/N-ethyl adjacent to an activating group) is 1. The van der Waals surface area contributed by atoms with Gasteiger partial charge in [0.1, 0.15) is 0 Å². The van der Waals surface area contributed by atoms with Crippen molar-refractivity contribution in [2.45, 2.75) is 32.0 Å². The molecule has 2 fully saturated rings. The maximum atomic E-state index is 12.7. The third kappa shape index (κ3) is 2.79. The van der Waals surface area contributed by atoms with Gasteiger partial charge in [0.05, 0.1) is 5.52 Å². The molecule has 3 aliphatic rings. The third-order valence-corrected chi connectivity index (χ3v) is 6.50. The summed E-state index contributed by atoms with van der Waals surface area (Å²) < 4.78 is 1.99. The van der Waals surface area contributed by atoms with Gasteiger partial charge in [0.25, 0.3) is 5.56 Å². The minimum atomic E-state index is 0.177. The van der Waals surface area contributed by atoms with Gasteiger partial charge in [-0.25, -0.2) is 0 Å². The Balaban J connectivity index is 1.45. The molecule has 138 valence electrons. The van der Waals surface area contributed by atoms with Crippen LogP contribution in [0.25, 0.3) is 10.9 Å². The van der Waals surface area contributed by atoms with Gasteiger partial charge in [0, 0.05) is 69.9 Å². The molecule has 0 unspecified atom stereocenters. The molecule has 3 aliphatic heterocycles. The lowest BCUT2D eigenvalue weighted by atomic mass is 9.98. The second kappa shape index (κ2) is 6.48. The smallest absolute Gasteiger partial charge is 0.251 e. The van der Waals surface area contributed by atoms with E-state index in [1.807, 2.05) is 10.6 Å². The van der Waals surface area contributed by atoms with Gasteiger partial charge in [-0.1, -0.05) is 18.2 Å². The van der Waals surface area contributed by atoms with E-state index in [4.69, 9.17) is 0 Å². The van der Waals surface area contributed by atoms with E-state index in [0.717, 1.165) is 52.1 Å². The number of nitrogens with zero attached hydrogens (tertiary/aromatic N) is 4. The SMILES string of the molecule is CN1CCN2CCN(Cc3cc(=O)n4c5c(cccc35)CCC4)C[C@@H]2C1. The van der Waals surface area contributed by atoms with Crippen LogP contribution >= 0.6 is 0 Å². The summed E-state index contributed by atoms with van der Waals surface area (Å²) in [5.74, 6) is 0. The van der Waals surface area contributed by atoms with E-state index < -0.39 is 0 Å². The number of para-hydroxylation sites is 1. The second-order valence-electron chi connectivity index (χ2n) is 8.26. The van der Waals surface area contributed by atoms with Crippen molar-refractivity contribution in [2.24, 2.45) is 0 Å². The van der Waals surface area contributed by atoms with Gasteiger partial charge >= 0.3 is 0 Å². The van der Waals surface area contributed by atoms with Crippen LogP contribution in [-0.4, -0.2) is 71.6 Å². The number of aromatic nitrogens is 1. The highest BCUT2D eigenvalue weighted by molar-refractivity contribution is 5.86. The molecule has 26 heavy (non-hydrogen) atoms. The van der Waals surface area contributed by atoms with Crippen molar-refractivity contribution in [1.82, 2.24) is 19.3 Å².